The number of nitrogens with zero attached hydrogens (tertiary/aromatic N) is 4. The van der Waals surface area contributed by atoms with Crippen molar-refractivity contribution in [1.82, 2.24) is 19.9 Å². The van der Waals surface area contributed by atoms with Crippen LogP contribution in [0.25, 0.3) is 101 Å². The highest BCUT2D eigenvalue weighted by molar-refractivity contribution is 6.11. The maximum atomic E-state index is 6.46. The second-order valence-electron chi connectivity index (χ2n) is 13.5. The number of benzene rings is 8. The minimum Gasteiger partial charge on any atom is -0.435 e. The molecular weight excluding hydrogens is 673 g/mol. The molecule has 0 spiro atoms. The Kier molecular flexibility index (Phi) is 8.08. The molecule has 0 aliphatic carbocycles. The van der Waals surface area contributed by atoms with Crippen LogP contribution < -0.4 is 0 Å². The molecule has 0 atom stereocenters. The van der Waals surface area contributed by atoms with Gasteiger partial charge in [0.05, 0.1) is 0 Å². The van der Waals surface area contributed by atoms with Gasteiger partial charge >= 0.3 is 0 Å². The molecule has 0 bridgehead atoms. The minimum atomic E-state index is 0.605. The van der Waals surface area contributed by atoms with E-state index in [-0.39, 0.29) is 0 Å². The molecule has 0 N–H and O–H groups in total. The number of oxazole rings is 1. The van der Waals surface area contributed by atoms with Gasteiger partial charge in [0.25, 0.3) is 0 Å². The summed E-state index contributed by atoms with van der Waals surface area (Å²) in [6, 6.07) is 66.5. The van der Waals surface area contributed by atoms with Gasteiger partial charge in [0.1, 0.15) is 5.52 Å². The van der Waals surface area contributed by atoms with Gasteiger partial charge in [-0.25, -0.2) is 19.9 Å². The van der Waals surface area contributed by atoms with E-state index < -0.39 is 0 Å². The average molecular weight is 705 g/mol. The molecule has 0 radical (unpaired) electrons. The molecule has 10 aromatic rings. The highest BCUT2D eigenvalue weighted by Crippen LogP contribution is 2.37. The monoisotopic (exact) mass is 704 g/mol. The van der Waals surface area contributed by atoms with Crippen LogP contribution in [0.3, 0.4) is 0 Å². The Balaban J connectivity index is 1.05. The van der Waals surface area contributed by atoms with Crippen LogP contribution in [0, 0.1) is 0 Å². The van der Waals surface area contributed by atoms with E-state index >= 15 is 0 Å². The first-order chi connectivity index (χ1) is 27.2. The van der Waals surface area contributed by atoms with Crippen molar-refractivity contribution in [2.75, 3.05) is 0 Å². The van der Waals surface area contributed by atoms with E-state index in [1.807, 2.05) is 48.5 Å². The number of fused-ring (bicyclic) bond motifs is 3. The van der Waals surface area contributed by atoms with Crippen LogP contribution in [-0.4, -0.2) is 19.9 Å². The van der Waals surface area contributed by atoms with Crippen LogP contribution in [-0.2, 0) is 0 Å². The van der Waals surface area contributed by atoms with E-state index in [1.54, 1.807) is 0 Å². The first kappa shape index (κ1) is 32.2. The third kappa shape index (κ3) is 6.24. The van der Waals surface area contributed by atoms with E-state index in [0.29, 0.717) is 23.4 Å². The molecule has 0 aliphatic heterocycles. The van der Waals surface area contributed by atoms with Gasteiger partial charge in [-0.2, -0.15) is 0 Å². The van der Waals surface area contributed by atoms with Crippen LogP contribution in [0.1, 0.15) is 0 Å². The van der Waals surface area contributed by atoms with Gasteiger partial charge in [0, 0.05) is 27.6 Å². The lowest BCUT2D eigenvalue weighted by Crippen LogP contribution is -2.00. The smallest absolute Gasteiger partial charge is 0.227 e. The van der Waals surface area contributed by atoms with Crippen molar-refractivity contribution < 1.29 is 4.42 Å². The van der Waals surface area contributed by atoms with Gasteiger partial charge in [-0.05, 0) is 57.0 Å². The fourth-order valence-corrected chi connectivity index (χ4v) is 7.15. The van der Waals surface area contributed by atoms with Crippen molar-refractivity contribution in [2.24, 2.45) is 0 Å². The summed E-state index contributed by atoms with van der Waals surface area (Å²) < 4.78 is 6.46. The summed E-state index contributed by atoms with van der Waals surface area (Å²) in [5.74, 6) is 2.45. The first-order valence-corrected chi connectivity index (χ1v) is 18.3. The zero-order chi connectivity index (χ0) is 36.6. The summed E-state index contributed by atoms with van der Waals surface area (Å²) in [4.78, 5) is 19.9. The maximum absolute atomic E-state index is 6.46. The Labute approximate surface area is 318 Å². The molecule has 0 unspecified atom stereocenters. The summed E-state index contributed by atoms with van der Waals surface area (Å²) >= 11 is 0. The van der Waals surface area contributed by atoms with E-state index in [4.69, 9.17) is 24.4 Å². The third-order valence-corrected chi connectivity index (χ3v) is 10.0. The number of rotatable bonds is 7. The Morgan fingerprint density at radius 3 is 1.20 bits per heavy atom. The molecule has 5 heteroatoms. The standard InChI is InChI=1S/C50H32N4O/c1-4-11-33(12-5-1)35-19-25-39(26-20-35)47-52-48(40-27-21-36(22-28-40)34-13-6-2-7-14-34)54-49(53-47)41-29-23-37(24-30-41)43-18-10-17-38-31-32-44-46(45(38)43)55-50(51-44)42-15-8-3-9-16-42/h1-32H. The average Bonchev–Trinajstić information content (AvgIpc) is 3.72. The van der Waals surface area contributed by atoms with Crippen molar-refractivity contribution in [3.05, 3.63) is 194 Å². The predicted molar refractivity (Wildman–Crippen MR) is 223 cm³/mol. The molecule has 2 aromatic heterocycles. The van der Waals surface area contributed by atoms with Crippen molar-refractivity contribution in [1.29, 1.82) is 0 Å². The number of aromatic nitrogens is 4. The van der Waals surface area contributed by atoms with E-state index in [0.717, 1.165) is 77.5 Å². The van der Waals surface area contributed by atoms with Crippen LogP contribution >= 0.6 is 0 Å². The molecule has 55 heavy (non-hydrogen) atoms. The van der Waals surface area contributed by atoms with Crippen LogP contribution in [0.2, 0.25) is 0 Å². The molecular formula is C50H32N4O. The largest absolute Gasteiger partial charge is 0.435 e. The normalized spacial score (nSPS) is 11.3. The van der Waals surface area contributed by atoms with Crippen molar-refractivity contribution >= 4 is 21.9 Å². The van der Waals surface area contributed by atoms with Gasteiger partial charge in [0.15, 0.2) is 23.1 Å². The van der Waals surface area contributed by atoms with Crippen molar-refractivity contribution in [2.45, 2.75) is 0 Å². The molecule has 0 aliphatic rings. The lowest BCUT2D eigenvalue weighted by Gasteiger charge is -2.11. The summed E-state index contributed by atoms with van der Waals surface area (Å²) in [5, 5.41) is 2.12. The highest BCUT2D eigenvalue weighted by Gasteiger charge is 2.17. The summed E-state index contributed by atoms with van der Waals surface area (Å²) in [7, 11) is 0. The predicted octanol–water partition coefficient (Wildman–Crippen LogP) is 12.8. The molecule has 10 rings (SSSR count). The Morgan fingerprint density at radius 2 is 0.709 bits per heavy atom. The van der Waals surface area contributed by atoms with Gasteiger partial charge in [-0.15, -0.1) is 0 Å². The highest BCUT2D eigenvalue weighted by atomic mass is 16.3. The molecule has 0 saturated carbocycles. The Hall–Kier alpha value is -7.50. The van der Waals surface area contributed by atoms with Gasteiger partial charge in [-0.3, -0.25) is 0 Å². The topological polar surface area (TPSA) is 64.7 Å². The second-order valence-corrected chi connectivity index (χ2v) is 13.5. The van der Waals surface area contributed by atoms with Crippen LogP contribution in [0.15, 0.2) is 199 Å². The lowest BCUT2D eigenvalue weighted by atomic mass is 9.96. The van der Waals surface area contributed by atoms with Crippen LogP contribution in [0.5, 0.6) is 0 Å². The molecule has 0 saturated heterocycles. The fourth-order valence-electron chi connectivity index (χ4n) is 7.15. The SMILES string of the molecule is c1ccc(-c2ccc(-c3nc(-c4ccc(-c5ccccc5)cc4)nc(-c4ccc(-c5cccc6ccc7nc(-c8ccccc8)oc7c56)cc4)n3)cc2)cc1. The number of hydrogen-bond acceptors (Lipinski definition) is 5. The summed E-state index contributed by atoms with van der Waals surface area (Å²) in [6.45, 7) is 0. The summed E-state index contributed by atoms with van der Waals surface area (Å²) in [6.07, 6.45) is 0. The second kappa shape index (κ2) is 13.8. The third-order valence-electron chi connectivity index (χ3n) is 10.0. The van der Waals surface area contributed by atoms with E-state index in [9.17, 15) is 0 Å². The minimum absolute atomic E-state index is 0.605. The fraction of sp³-hybridized carbons (Fsp3) is 0. The van der Waals surface area contributed by atoms with E-state index in [2.05, 4.69) is 146 Å². The van der Waals surface area contributed by atoms with Crippen LogP contribution in [0.4, 0.5) is 0 Å². The molecule has 2 heterocycles. The lowest BCUT2D eigenvalue weighted by molar-refractivity contribution is 0.623. The Bertz CT molecular complexity index is 2820. The van der Waals surface area contributed by atoms with Gasteiger partial charge < -0.3 is 4.42 Å². The summed E-state index contributed by atoms with van der Waals surface area (Å²) in [5.41, 5.74) is 12.0. The quantitative estimate of drug-likeness (QED) is 0.165. The zero-order valence-corrected chi connectivity index (χ0v) is 29.7. The number of hydrogen-bond donors (Lipinski definition) is 0. The molecule has 5 nitrogen and oxygen atoms in total. The van der Waals surface area contributed by atoms with Crippen molar-refractivity contribution in [3.63, 3.8) is 0 Å². The molecule has 0 amide bonds. The molecule has 8 aromatic carbocycles. The first-order valence-electron chi connectivity index (χ1n) is 18.3. The molecule has 0 fully saturated rings. The maximum Gasteiger partial charge on any atom is 0.227 e. The van der Waals surface area contributed by atoms with Gasteiger partial charge in [0.2, 0.25) is 5.89 Å². The van der Waals surface area contributed by atoms with Gasteiger partial charge in [-0.1, -0.05) is 176 Å². The van der Waals surface area contributed by atoms with Crippen molar-refractivity contribution in [3.8, 4) is 79.0 Å². The van der Waals surface area contributed by atoms with E-state index in [1.165, 1.54) is 0 Å². The Morgan fingerprint density at radius 1 is 0.291 bits per heavy atom. The molecule has 258 valence electrons. The zero-order valence-electron chi connectivity index (χ0n) is 29.7.